The lowest BCUT2D eigenvalue weighted by Gasteiger charge is -2.34. The molecule has 0 radical (unpaired) electrons. The fourth-order valence-corrected chi connectivity index (χ4v) is 2.58. The van der Waals surface area contributed by atoms with Crippen LogP contribution in [0.3, 0.4) is 0 Å². The van der Waals surface area contributed by atoms with Crippen molar-refractivity contribution in [1.82, 2.24) is 0 Å². The van der Waals surface area contributed by atoms with Crippen molar-refractivity contribution in [2.45, 2.75) is 44.6 Å². The van der Waals surface area contributed by atoms with Crippen molar-refractivity contribution < 1.29 is 14.6 Å². The molecule has 0 aromatic carbocycles. The van der Waals surface area contributed by atoms with E-state index in [9.17, 15) is 4.79 Å². The Bertz CT molecular complexity index is 260. The number of carbonyl (C=O) groups is 1. The summed E-state index contributed by atoms with van der Waals surface area (Å²) < 4.78 is 5.26. The number of carboxylic acid groups (broad SMARTS) is 1. The molecule has 0 spiro atoms. The van der Waals surface area contributed by atoms with E-state index >= 15 is 0 Å². The van der Waals surface area contributed by atoms with Crippen LogP contribution in [0.1, 0.15) is 38.5 Å². The second kappa shape index (κ2) is 4.35. The summed E-state index contributed by atoms with van der Waals surface area (Å²) in [6, 6.07) is 0. The minimum atomic E-state index is -0.836. The number of rotatable bonds is 4. The summed E-state index contributed by atoms with van der Waals surface area (Å²) in [7, 11) is 0. The summed E-state index contributed by atoms with van der Waals surface area (Å²) >= 11 is 0. The normalized spacial score (nSPS) is 29.2. The predicted molar refractivity (Wildman–Crippen MR) is 56.7 cm³/mol. The van der Waals surface area contributed by atoms with E-state index in [0.717, 1.165) is 25.9 Å². The Balaban J connectivity index is 2.01. The molecule has 2 rings (SSSR count). The average Bonchev–Trinajstić information content (AvgIpc) is 3.00. The molecular weight excluding hydrogens is 192 g/mol. The van der Waals surface area contributed by atoms with Crippen LogP contribution in [0.5, 0.6) is 0 Å². The Kier molecular flexibility index (Phi) is 3.10. The lowest BCUT2D eigenvalue weighted by atomic mass is 9.71. The van der Waals surface area contributed by atoms with Crippen molar-refractivity contribution in [3.63, 3.8) is 0 Å². The Morgan fingerprint density at radius 3 is 2.60 bits per heavy atom. The van der Waals surface area contributed by atoms with E-state index in [0.29, 0.717) is 6.10 Å². The summed E-state index contributed by atoms with van der Waals surface area (Å²) in [5.74, 6) is -0.836. The SMILES string of the molecule is O=C(O)C=CC1(CC2CO2)CCCCC1. The van der Waals surface area contributed by atoms with Crippen LogP contribution in [-0.2, 0) is 9.53 Å². The molecule has 3 nitrogen and oxygen atoms in total. The minimum Gasteiger partial charge on any atom is -0.478 e. The van der Waals surface area contributed by atoms with Crippen LogP contribution in [0.4, 0.5) is 0 Å². The van der Waals surface area contributed by atoms with Crippen molar-refractivity contribution >= 4 is 5.97 Å². The van der Waals surface area contributed by atoms with Gasteiger partial charge >= 0.3 is 5.97 Å². The van der Waals surface area contributed by atoms with Gasteiger partial charge in [0.05, 0.1) is 12.7 Å². The average molecular weight is 210 g/mol. The lowest BCUT2D eigenvalue weighted by molar-refractivity contribution is -0.131. The van der Waals surface area contributed by atoms with Crippen LogP contribution in [0, 0.1) is 5.41 Å². The van der Waals surface area contributed by atoms with Gasteiger partial charge in [-0.05, 0) is 24.7 Å². The number of carboxylic acids is 1. The topological polar surface area (TPSA) is 49.8 Å². The van der Waals surface area contributed by atoms with Crippen molar-refractivity contribution in [2.75, 3.05) is 6.61 Å². The van der Waals surface area contributed by atoms with Gasteiger partial charge in [-0.1, -0.05) is 25.3 Å². The first-order chi connectivity index (χ1) is 7.20. The summed E-state index contributed by atoms with van der Waals surface area (Å²) in [5, 5.41) is 8.69. The zero-order valence-corrected chi connectivity index (χ0v) is 8.95. The molecule has 1 saturated heterocycles. The van der Waals surface area contributed by atoms with Crippen LogP contribution < -0.4 is 0 Å². The molecule has 1 atom stereocenters. The smallest absolute Gasteiger partial charge is 0.327 e. The highest BCUT2D eigenvalue weighted by Gasteiger charge is 2.37. The minimum absolute atomic E-state index is 0.109. The first kappa shape index (κ1) is 10.7. The molecule has 1 aliphatic heterocycles. The molecular formula is C12H18O3. The molecule has 1 N–H and O–H groups in total. The quantitative estimate of drug-likeness (QED) is 0.572. The zero-order chi connectivity index (χ0) is 10.7. The van der Waals surface area contributed by atoms with Gasteiger partial charge in [0, 0.05) is 6.08 Å². The molecule has 1 unspecified atom stereocenters. The van der Waals surface area contributed by atoms with Gasteiger partial charge in [0.1, 0.15) is 0 Å². The highest BCUT2D eigenvalue weighted by molar-refractivity contribution is 5.79. The lowest BCUT2D eigenvalue weighted by Crippen LogP contribution is -2.24. The van der Waals surface area contributed by atoms with E-state index in [1.165, 1.54) is 25.3 Å². The molecule has 1 aliphatic carbocycles. The Morgan fingerprint density at radius 2 is 2.07 bits per heavy atom. The summed E-state index contributed by atoms with van der Waals surface area (Å²) in [6.45, 7) is 0.864. The monoisotopic (exact) mass is 210 g/mol. The van der Waals surface area contributed by atoms with E-state index in [1.54, 1.807) is 0 Å². The van der Waals surface area contributed by atoms with Gasteiger partial charge in [0.25, 0.3) is 0 Å². The maximum atomic E-state index is 10.6. The van der Waals surface area contributed by atoms with E-state index in [-0.39, 0.29) is 5.41 Å². The van der Waals surface area contributed by atoms with E-state index in [4.69, 9.17) is 9.84 Å². The second-order valence-corrected chi connectivity index (χ2v) is 4.75. The Hall–Kier alpha value is -0.830. The van der Waals surface area contributed by atoms with Gasteiger partial charge in [-0.25, -0.2) is 4.79 Å². The molecule has 0 bridgehead atoms. The summed E-state index contributed by atoms with van der Waals surface area (Å²) in [5.41, 5.74) is 0.109. The third-order valence-corrected chi connectivity index (χ3v) is 3.47. The molecule has 3 heteroatoms. The molecule has 0 aromatic rings. The van der Waals surface area contributed by atoms with Crippen molar-refractivity contribution in [3.8, 4) is 0 Å². The van der Waals surface area contributed by atoms with Crippen molar-refractivity contribution in [2.24, 2.45) is 5.41 Å². The molecule has 0 aromatic heterocycles. The van der Waals surface area contributed by atoms with Gasteiger partial charge in [0.2, 0.25) is 0 Å². The van der Waals surface area contributed by atoms with Crippen LogP contribution in [0.15, 0.2) is 12.2 Å². The molecule has 1 heterocycles. The Labute approximate surface area is 90.1 Å². The van der Waals surface area contributed by atoms with E-state index in [1.807, 2.05) is 6.08 Å². The number of hydrogen-bond donors (Lipinski definition) is 1. The number of hydrogen-bond acceptors (Lipinski definition) is 2. The Morgan fingerprint density at radius 1 is 1.40 bits per heavy atom. The molecule has 1 saturated carbocycles. The predicted octanol–water partition coefficient (Wildman–Crippen LogP) is 2.37. The third kappa shape index (κ3) is 3.06. The number of ether oxygens (including phenoxy) is 1. The van der Waals surface area contributed by atoms with Crippen molar-refractivity contribution in [3.05, 3.63) is 12.2 Å². The highest BCUT2D eigenvalue weighted by atomic mass is 16.6. The second-order valence-electron chi connectivity index (χ2n) is 4.75. The van der Waals surface area contributed by atoms with Crippen LogP contribution in [-0.4, -0.2) is 23.8 Å². The van der Waals surface area contributed by atoms with Crippen LogP contribution in [0.2, 0.25) is 0 Å². The van der Waals surface area contributed by atoms with Gasteiger partial charge in [-0.2, -0.15) is 0 Å². The first-order valence-corrected chi connectivity index (χ1v) is 5.74. The fourth-order valence-electron chi connectivity index (χ4n) is 2.58. The number of aliphatic carboxylic acids is 1. The van der Waals surface area contributed by atoms with Crippen molar-refractivity contribution in [1.29, 1.82) is 0 Å². The standard InChI is InChI=1S/C12H18O3/c13-11(14)4-7-12(8-10-9-15-10)5-2-1-3-6-12/h4,7,10H,1-3,5-6,8-9H2,(H,13,14). The zero-order valence-electron chi connectivity index (χ0n) is 8.95. The van der Waals surface area contributed by atoms with Gasteiger partial charge in [-0.3, -0.25) is 0 Å². The van der Waals surface area contributed by atoms with Gasteiger partial charge in [0.15, 0.2) is 0 Å². The molecule has 15 heavy (non-hydrogen) atoms. The van der Waals surface area contributed by atoms with E-state index < -0.39 is 5.97 Å². The van der Waals surface area contributed by atoms with E-state index in [2.05, 4.69) is 0 Å². The first-order valence-electron chi connectivity index (χ1n) is 5.74. The number of epoxide rings is 1. The third-order valence-electron chi connectivity index (χ3n) is 3.47. The highest BCUT2D eigenvalue weighted by Crippen LogP contribution is 2.43. The maximum absolute atomic E-state index is 10.6. The molecule has 2 fully saturated rings. The molecule has 84 valence electrons. The van der Waals surface area contributed by atoms with Crippen LogP contribution >= 0.6 is 0 Å². The van der Waals surface area contributed by atoms with Gasteiger partial charge in [-0.15, -0.1) is 0 Å². The molecule has 2 aliphatic rings. The number of allylic oxidation sites excluding steroid dienone is 1. The van der Waals surface area contributed by atoms with Crippen LogP contribution in [0.25, 0.3) is 0 Å². The molecule has 0 amide bonds. The summed E-state index contributed by atoms with van der Waals surface area (Å²) in [4.78, 5) is 10.6. The van der Waals surface area contributed by atoms with Gasteiger partial charge < -0.3 is 9.84 Å². The fraction of sp³-hybridized carbons (Fsp3) is 0.750. The summed E-state index contributed by atoms with van der Waals surface area (Å²) in [6.07, 6.45) is 10.6. The maximum Gasteiger partial charge on any atom is 0.327 e. The largest absolute Gasteiger partial charge is 0.478 e.